The summed E-state index contributed by atoms with van der Waals surface area (Å²) in [4.78, 5) is 4.95. The highest BCUT2D eigenvalue weighted by Gasteiger charge is 2.13. The minimum atomic E-state index is 0.769. The summed E-state index contributed by atoms with van der Waals surface area (Å²) in [5.41, 5.74) is 7.49. The van der Waals surface area contributed by atoms with E-state index in [2.05, 4.69) is 139 Å². The van der Waals surface area contributed by atoms with Crippen LogP contribution in [0.1, 0.15) is 36.8 Å². The zero-order valence-corrected chi connectivity index (χ0v) is 27.4. The largest absolute Gasteiger partial charge is 0.381 e. The summed E-state index contributed by atoms with van der Waals surface area (Å²) in [6, 6.07) is 35.2. The second-order valence-corrected chi connectivity index (χ2v) is 12.7. The molecule has 1 aliphatic heterocycles. The zero-order chi connectivity index (χ0) is 29.0. The van der Waals surface area contributed by atoms with E-state index in [4.69, 9.17) is 9.47 Å². The number of anilines is 2. The van der Waals surface area contributed by atoms with Gasteiger partial charge in [-0.25, -0.2) is 0 Å². The highest BCUT2D eigenvalue weighted by atomic mass is 79.9. The predicted octanol–water partition coefficient (Wildman–Crippen LogP) is 9.50. The summed E-state index contributed by atoms with van der Waals surface area (Å²) < 4.78 is 14.2. The van der Waals surface area contributed by atoms with Crippen molar-refractivity contribution in [3.8, 4) is 11.1 Å². The molecule has 0 unspecified atom stereocenters. The molecule has 0 aromatic heterocycles. The fourth-order valence-electron chi connectivity index (χ4n) is 5.40. The molecule has 0 amide bonds. The number of benzene rings is 4. The van der Waals surface area contributed by atoms with Crippen LogP contribution >= 0.6 is 31.9 Å². The number of nitrogens with zero attached hydrogens (tertiary/aromatic N) is 2. The summed E-state index contributed by atoms with van der Waals surface area (Å²) in [6.07, 6.45) is 4.03. The summed E-state index contributed by atoms with van der Waals surface area (Å²) >= 11 is 7.30. The molecule has 4 bridgehead atoms. The molecule has 0 aliphatic carbocycles. The fourth-order valence-corrected chi connectivity index (χ4v) is 6.30. The molecular weight excluding hydrogens is 652 g/mol. The first-order valence-corrected chi connectivity index (χ1v) is 16.6. The monoisotopic (exact) mass is 690 g/mol. The van der Waals surface area contributed by atoms with E-state index < -0.39 is 0 Å². The van der Waals surface area contributed by atoms with Crippen molar-refractivity contribution in [2.45, 2.75) is 38.8 Å². The van der Waals surface area contributed by atoms with Crippen LogP contribution in [0.3, 0.4) is 0 Å². The van der Waals surface area contributed by atoms with Gasteiger partial charge in [-0.1, -0.05) is 80.4 Å². The second kappa shape index (κ2) is 16.3. The van der Waals surface area contributed by atoms with Crippen molar-refractivity contribution in [3.05, 3.63) is 117 Å². The second-order valence-electron chi connectivity index (χ2n) is 10.8. The maximum atomic E-state index is 6.00. The Balaban J connectivity index is 1.44. The van der Waals surface area contributed by atoms with Crippen molar-refractivity contribution >= 4 is 43.2 Å². The number of rotatable bonds is 4. The molecule has 0 saturated carbocycles. The third-order valence-corrected chi connectivity index (χ3v) is 8.53. The normalized spacial score (nSPS) is 15.8. The molecule has 4 nitrogen and oxygen atoms in total. The summed E-state index contributed by atoms with van der Waals surface area (Å²) in [7, 11) is 0. The van der Waals surface area contributed by atoms with Crippen molar-refractivity contribution in [1.29, 1.82) is 0 Å². The Morgan fingerprint density at radius 3 is 1.38 bits per heavy atom. The van der Waals surface area contributed by atoms with Crippen LogP contribution in [-0.2, 0) is 22.6 Å². The Morgan fingerprint density at radius 1 is 0.500 bits per heavy atom. The highest BCUT2D eigenvalue weighted by molar-refractivity contribution is 9.10. The maximum Gasteiger partial charge on any atom is 0.0482 e. The van der Waals surface area contributed by atoms with E-state index in [1.165, 1.54) is 33.6 Å². The van der Waals surface area contributed by atoms with Gasteiger partial charge in [0.15, 0.2) is 0 Å². The lowest BCUT2D eigenvalue weighted by Crippen LogP contribution is -2.25. The Labute approximate surface area is 267 Å². The molecule has 0 fully saturated rings. The van der Waals surface area contributed by atoms with Gasteiger partial charge in [0.25, 0.3) is 0 Å². The molecule has 1 heterocycles. The molecule has 1 aliphatic rings. The molecule has 0 spiro atoms. The topological polar surface area (TPSA) is 24.9 Å². The molecule has 6 heteroatoms. The van der Waals surface area contributed by atoms with Gasteiger partial charge in [0.2, 0.25) is 0 Å². The maximum absolute atomic E-state index is 6.00. The summed E-state index contributed by atoms with van der Waals surface area (Å²) in [6.45, 7) is 6.68. The average molecular weight is 693 g/mol. The SMILES string of the molecule is Brc1cccc(CN2CCCOCCCCOCCCN(Cc3cccc(Br)c3)c3cccc(c3)-c3cccc2c3)c1. The van der Waals surface area contributed by atoms with Gasteiger partial charge in [-0.05, 0) is 96.5 Å². The number of hydrogen-bond acceptors (Lipinski definition) is 4. The first kappa shape index (κ1) is 30.8. The molecule has 4 aromatic carbocycles. The highest BCUT2D eigenvalue weighted by Crippen LogP contribution is 2.30. The lowest BCUT2D eigenvalue weighted by Gasteiger charge is -2.27. The van der Waals surface area contributed by atoms with E-state index in [-0.39, 0.29) is 0 Å². The molecule has 220 valence electrons. The van der Waals surface area contributed by atoms with Crippen molar-refractivity contribution in [2.75, 3.05) is 49.3 Å². The lowest BCUT2D eigenvalue weighted by atomic mass is 10.0. The molecule has 42 heavy (non-hydrogen) atoms. The van der Waals surface area contributed by atoms with E-state index in [1.54, 1.807) is 0 Å². The van der Waals surface area contributed by atoms with Crippen molar-refractivity contribution < 1.29 is 9.47 Å². The van der Waals surface area contributed by atoms with E-state index in [0.717, 1.165) is 87.2 Å². The van der Waals surface area contributed by atoms with Crippen LogP contribution in [0.2, 0.25) is 0 Å². The standard InChI is InChI=1S/C36H40Br2N2O2/c37-33-13-3-9-29(23-33)27-39-17-7-21-41-19-1-2-20-42-22-8-18-40(28-30-10-4-14-34(38)24-30)36-16-6-12-32(26-36)31-11-5-15-35(39)25-31/h3-6,9-16,23-26H,1-2,7-8,17-22,27-28H2. The van der Waals surface area contributed by atoms with Gasteiger partial charge in [0, 0.05) is 72.9 Å². The van der Waals surface area contributed by atoms with Crippen LogP contribution in [0.4, 0.5) is 11.4 Å². The Bertz CT molecular complexity index is 1310. The molecule has 0 atom stereocenters. The summed E-state index contributed by atoms with van der Waals surface area (Å²) in [5.74, 6) is 0. The van der Waals surface area contributed by atoms with Crippen molar-refractivity contribution in [3.63, 3.8) is 0 Å². The van der Waals surface area contributed by atoms with Gasteiger partial charge in [0.1, 0.15) is 0 Å². The van der Waals surface area contributed by atoms with E-state index in [9.17, 15) is 0 Å². The van der Waals surface area contributed by atoms with Crippen LogP contribution in [0.15, 0.2) is 106 Å². The first-order valence-electron chi connectivity index (χ1n) is 15.0. The molecule has 0 radical (unpaired) electrons. The third kappa shape index (κ3) is 9.43. The van der Waals surface area contributed by atoms with Crippen LogP contribution in [0.5, 0.6) is 0 Å². The predicted molar refractivity (Wildman–Crippen MR) is 182 cm³/mol. The van der Waals surface area contributed by atoms with Crippen LogP contribution in [0, 0.1) is 0 Å². The number of fused-ring (bicyclic) bond motifs is 5. The zero-order valence-electron chi connectivity index (χ0n) is 24.2. The quantitative estimate of drug-likeness (QED) is 0.213. The van der Waals surface area contributed by atoms with E-state index in [1.807, 2.05) is 0 Å². The van der Waals surface area contributed by atoms with E-state index in [0.29, 0.717) is 0 Å². The third-order valence-electron chi connectivity index (χ3n) is 7.54. The van der Waals surface area contributed by atoms with Gasteiger partial charge in [-0.3, -0.25) is 0 Å². The number of ether oxygens (including phenoxy) is 2. The van der Waals surface area contributed by atoms with Gasteiger partial charge < -0.3 is 19.3 Å². The molecule has 5 rings (SSSR count). The Kier molecular flexibility index (Phi) is 11.9. The van der Waals surface area contributed by atoms with Crippen molar-refractivity contribution in [1.82, 2.24) is 0 Å². The molecular formula is C36H40Br2N2O2. The molecule has 0 N–H and O–H groups in total. The van der Waals surface area contributed by atoms with Gasteiger partial charge in [-0.2, -0.15) is 0 Å². The van der Waals surface area contributed by atoms with Crippen LogP contribution < -0.4 is 9.80 Å². The molecule has 0 saturated heterocycles. The van der Waals surface area contributed by atoms with E-state index >= 15 is 0 Å². The Morgan fingerprint density at radius 2 is 0.929 bits per heavy atom. The van der Waals surface area contributed by atoms with Crippen molar-refractivity contribution in [2.24, 2.45) is 0 Å². The lowest BCUT2D eigenvalue weighted by molar-refractivity contribution is 0.102. The molecule has 4 aromatic rings. The van der Waals surface area contributed by atoms with Gasteiger partial charge in [0.05, 0.1) is 0 Å². The smallest absolute Gasteiger partial charge is 0.0482 e. The average Bonchev–Trinajstić information content (AvgIpc) is 3.00. The Hall–Kier alpha value is -2.64. The summed E-state index contributed by atoms with van der Waals surface area (Å²) in [5, 5.41) is 0. The van der Waals surface area contributed by atoms with Gasteiger partial charge >= 0.3 is 0 Å². The fraction of sp³-hybridized carbons (Fsp3) is 0.333. The van der Waals surface area contributed by atoms with Gasteiger partial charge in [-0.15, -0.1) is 0 Å². The minimum Gasteiger partial charge on any atom is -0.381 e. The number of halogens is 2. The minimum absolute atomic E-state index is 0.769. The van der Waals surface area contributed by atoms with Crippen LogP contribution in [0.25, 0.3) is 11.1 Å². The number of hydrogen-bond donors (Lipinski definition) is 0. The van der Waals surface area contributed by atoms with Crippen LogP contribution in [-0.4, -0.2) is 39.5 Å². The first-order chi connectivity index (χ1) is 20.6.